The van der Waals surface area contributed by atoms with Gasteiger partial charge in [0.25, 0.3) is 0 Å². The Morgan fingerprint density at radius 2 is 2.16 bits per heavy atom. The number of halogens is 1. The van der Waals surface area contributed by atoms with E-state index >= 15 is 0 Å². The second-order valence-electron chi connectivity index (χ2n) is 3.96. The van der Waals surface area contributed by atoms with Gasteiger partial charge in [0.05, 0.1) is 24.3 Å². The van der Waals surface area contributed by atoms with Gasteiger partial charge in [-0.2, -0.15) is 0 Å². The van der Waals surface area contributed by atoms with E-state index in [4.69, 9.17) is 16.7 Å². The summed E-state index contributed by atoms with van der Waals surface area (Å²) in [7, 11) is -2.10. The van der Waals surface area contributed by atoms with E-state index in [2.05, 4.69) is 9.97 Å². The Morgan fingerprint density at radius 3 is 2.74 bits per heavy atom. The molecule has 0 bridgehead atoms. The molecule has 19 heavy (non-hydrogen) atoms. The Balaban J connectivity index is 2.38. The molecule has 0 saturated heterocycles. The standard InChI is InChI=1S/C11H12ClN3O3S/c1-15-9(6-16)5-14-11(15)19(17,18)7-8-3-2-4-13-10(8)12/h2-5,16H,6-7H2,1H3. The van der Waals surface area contributed by atoms with Crippen LogP contribution >= 0.6 is 11.6 Å². The summed E-state index contributed by atoms with van der Waals surface area (Å²) in [4.78, 5) is 7.67. The summed E-state index contributed by atoms with van der Waals surface area (Å²) in [6, 6.07) is 3.22. The van der Waals surface area contributed by atoms with E-state index in [0.29, 0.717) is 11.3 Å². The van der Waals surface area contributed by atoms with Crippen LogP contribution in [0.2, 0.25) is 5.15 Å². The van der Waals surface area contributed by atoms with Gasteiger partial charge in [0, 0.05) is 18.8 Å². The zero-order chi connectivity index (χ0) is 14.0. The maximum absolute atomic E-state index is 12.3. The van der Waals surface area contributed by atoms with Crippen molar-refractivity contribution in [3.8, 4) is 0 Å². The van der Waals surface area contributed by atoms with Crippen LogP contribution in [0.3, 0.4) is 0 Å². The molecule has 0 aliphatic carbocycles. The number of hydrogen-bond acceptors (Lipinski definition) is 5. The number of aliphatic hydroxyl groups is 1. The van der Waals surface area contributed by atoms with Crippen LogP contribution < -0.4 is 0 Å². The van der Waals surface area contributed by atoms with E-state index in [9.17, 15) is 8.42 Å². The van der Waals surface area contributed by atoms with Crippen molar-refractivity contribution in [1.82, 2.24) is 14.5 Å². The first-order valence-corrected chi connectivity index (χ1v) is 7.42. The van der Waals surface area contributed by atoms with Crippen molar-refractivity contribution in [3.05, 3.63) is 40.9 Å². The largest absolute Gasteiger partial charge is 0.390 e. The predicted molar refractivity (Wildman–Crippen MR) is 69.3 cm³/mol. The summed E-state index contributed by atoms with van der Waals surface area (Å²) in [5, 5.41) is 9.10. The fourth-order valence-corrected chi connectivity index (χ4v) is 3.44. The maximum Gasteiger partial charge on any atom is 0.227 e. The summed E-state index contributed by atoms with van der Waals surface area (Å²) in [6.45, 7) is -0.271. The van der Waals surface area contributed by atoms with Gasteiger partial charge < -0.3 is 9.67 Å². The highest BCUT2D eigenvalue weighted by atomic mass is 35.5. The minimum Gasteiger partial charge on any atom is -0.390 e. The monoisotopic (exact) mass is 301 g/mol. The highest BCUT2D eigenvalue weighted by molar-refractivity contribution is 7.90. The molecule has 0 saturated carbocycles. The molecule has 0 spiro atoms. The lowest BCUT2D eigenvalue weighted by molar-refractivity contribution is 0.271. The minimum atomic E-state index is -3.64. The molecule has 2 aromatic rings. The molecule has 1 N–H and O–H groups in total. The fraction of sp³-hybridized carbons (Fsp3) is 0.273. The lowest BCUT2D eigenvalue weighted by Gasteiger charge is -2.06. The van der Waals surface area contributed by atoms with Crippen molar-refractivity contribution >= 4 is 21.4 Å². The van der Waals surface area contributed by atoms with Gasteiger partial charge >= 0.3 is 0 Å². The van der Waals surface area contributed by atoms with E-state index in [-0.39, 0.29) is 22.7 Å². The summed E-state index contributed by atoms with van der Waals surface area (Å²) in [5.74, 6) is -0.282. The second-order valence-corrected chi connectivity index (χ2v) is 6.20. The van der Waals surface area contributed by atoms with Crippen molar-refractivity contribution in [3.63, 3.8) is 0 Å². The summed E-state index contributed by atoms with van der Waals surface area (Å²) < 4.78 is 25.9. The molecule has 0 unspecified atom stereocenters. The summed E-state index contributed by atoms with van der Waals surface area (Å²) in [6.07, 6.45) is 2.82. The van der Waals surface area contributed by atoms with Crippen molar-refractivity contribution in [1.29, 1.82) is 0 Å². The number of rotatable bonds is 4. The highest BCUT2D eigenvalue weighted by Crippen LogP contribution is 2.20. The second kappa shape index (κ2) is 5.28. The Labute approximate surface area is 115 Å². The molecule has 2 rings (SSSR count). The smallest absolute Gasteiger partial charge is 0.227 e. The molecular weight excluding hydrogens is 290 g/mol. The molecule has 0 radical (unpaired) electrons. The normalized spacial score (nSPS) is 11.7. The van der Waals surface area contributed by atoms with Gasteiger partial charge in [-0.3, -0.25) is 0 Å². The number of aromatic nitrogens is 3. The van der Waals surface area contributed by atoms with Gasteiger partial charge in [-0.15, -0.1) is 0 Å². The Kier molecular flexibility index (Phi) is 3.88. The van der Waals surface area contributed by atoms with E-state index in [1.54, 1.807) is 12.1 Å². The number of hydrogen-bond donors (Lipinski definition) is 1. The van der Waals surface area contributed by atoms with Crippen LogP contribution in [-0.2, 0) is 29.2 Å². The topological polar surface area (TPSA) is 85.1 Å². The average Bonchev–Trinajstić information content (AvgIpc) is 2.74. The number of aliphatic hydroxyl groups excluding tert-OH is 1. The molecule has 2 aromatic heterocycles. The van der Waals surface area contributed by atoms with Gasteiger partial charge in [0.15, 0.2) is 0 Å². The van der Waals surface area contributed by atoms with Crippen molar-refractivity contribution in [2.24, 2.45) is 7.05 Å². The number of sulfone groups is 1. The molecular formula is C11H12ClN3O3S. The average molecular weight is 302 g/mol. The molecule has 0 aliphatic heterocycles. The lowest BCUT2D eigenvalue weighted by Crippen LogP contribution is -2.12. The molecule has 2 heterocycles. The van der Waals surface area contributed by atoms with Crippen LogP contribution in [0.5, 0.6) is 0 Å². The molecule has 8 heteroatoms. The maximum atomic E-state index is 12.3. The van der Waals surface area contributed by atoms with Gasteiger partial charge in [-0.05, 0) is 6.07 Å². The predicted octanol–water partition coefficient (Wildman–Crippen LogP) is 0.935. The van der Waals surface area contributed by atoms with Gasteiger partial charge in [0.1, 0.15) is 5.15 Å². The first kappa shape index (κ1) is 14.0. The molecule has 102 valence electrons. The van der Waals surface area contributed by atoms with Crippen LogP contribution in [0, 0.1) is 0 Å². The number of pyridine rings is 1. The fourth-order valence-electron chi connectivity index (χ4n) is 1.66. The Hall–Kier alpha value is -1.44. The van der Waals surface area contributed by atoms with E-state index < -0.39 is 9.84 Å². The van der Waals surface area contributed by atoms with Crippen LogP contribution in [0.4, 0.5) is 0 Å². The molecule has 6 nitrogen and oxygen atoms in total. The minimum absolute atomic E-state index is 0.100. The third-order valence-corrected chi connectivity index (χ3v) is 4.63. The molecule has 0 amide bonds. The molecule has 0 aliphatic rings. The molecule has 0 fully saturated rings. The summed E-state index contributed by atoms with van der Waals surface area (Å²) >= 11 is 5.85. The highest BCUT2D eigenvalue weighted by Gasteiger charge is 2.23. The van der Waals surface area contributed by atoms with Gasteiger partial charge in [-0.1, -0.05) is 17.7 Å². The van der Waals surface area contributed by atoms with Gasteiger partial charge in [-0.25, -0.2) is 18.4 Å². The first-order chi connectivity index (χ1) is 8.95. The lowest BCUT2D eigenvalue weighted by atomic mass is 10.3. The first-order valence-electron chi connectivity index (χ1n) is 5.39. The van der Waals surface area contributed by atoms with Crippen molar-refractivity contribution in [2.75, 3.05) is 0 Å². The number of nitrogens with zero attached hydrogens (tertiary/aromatic N) is 3. The Bertz CT molecular complexity index is 697. The molecule has 0 aromatic carbocycles. The number of imidazole rings is 1. The van der Waals surface area contributed by atoms with Crippen molar-refractivity contribution in [2.45, 2.75) is 17.5 Å². The Morgan fingerprint density at radius 1 is 1.42 bits per heavy atom. The van der Waals surface area contributed by atoms with Crippen LogP contribution in [0.25, 0.3) is 0 Å². The van der Waals surface area contributed by atoms with Crippen LogP contribution in [0.1, 0.15) is 11.3 Å². The zero-order valence-electron chi connectivity index (χ0n) is 10.1. The zero-order valence-corrected chi connectivity index (χ0v) is 11.7. The van der Waals surface area contributed by atoms with Crippen LogP contribution in [-0.4, -0.2) is 28.1 Å². The third-order valence-electron chi connectivity index (χ3n) is 2.66. The molecule has 0 atom stereocenters. The third kappa shape index (κ3) is 2.78. The van der Waals surface area contributed by atoms with Crippen LogP contribution in [0.15, 0.2) is 29.7 Å². The van der Waals surface area contributed by atoms with E-state index in [1.165, 1.54) is 24.0 Å². The quantitative estimate of drug-likeness (QED) is 0.849. The van der Waals surface area contributed by atoms with E-state index in [1.807, 2.05) is 0 Å². The summed E-state index contributed by atoms with van der Waals surface area (Å²) in [5.41, 5.74) is 0.841. The SMILES string of the molecule is Cn1c(CO)cnc1S(=O)(=O)Cc1cccnc1Cl. The van der Waals surface area contributed by atoms with Gasteiger partial charge in [0.2, 0.25) is 15.0 Å². The van der Waals surface area contributed by atoms with E-state index in [0.717, 1.165) is 0 Å². The van der Waals surface area contributed by atoms with Crippen molar-refractivity contribution < 1.29 is 13.5 Å².